The molecule has 0 aliphatic carbocycles. The molecule has 3 aromatic carbocycles. The molecule has 0 saturated heterocycles. The van der Waals surface area contributed by atoms with Gasteiger partial charge in [0.1, 0.15) is 0 Å². The summed E-state index contributed by atoms with van der Waals surface area (Å²) in [4.78, 5) is 16.4. The van der Waals surface area contributed by atoms with E-state index in [1.54, 1.807) is 0 Å². The minimum Gasteiger partial charge on any atom is -0.343 e. The minimum atomic E-state index is 0.0114. The van der Waals surface area contributed by atoms with Crippen LogP contribution in [0.4, 0.5) is 5.69 Å². The van der Waals surface area contributed by atoms with Crippen molar-refractivity contribution in [1.29, 1.82) is 0 Å². The summed E-state index contributed by atoms with van der Waals surface area (Å²) in [7, 11) is 2.07. The Morgan fingerprint density at radius 1 is 0.800 bits per heavy atom. The first kappa shape index (κ1) is 25.6. The van der Waals surface area contributed by atoms with Crippen molar-refractivity contribution in [2.75, 3.05) is 4.90 Å². The molecule has 0 N–H and O–H groups in total. The smallest absolute Gasteiger partial charge is 0.197 e. The van der Waals surface area contributed by atoms with Crippen molar-refractivity contribution in [2.24, 2.45) is 7.05 Å². The summed E-state index contributed by atoms with van der Waals surface area (Å²) in [6.45, 7) is 19.5. The predicted octanol–water partition coefficient (Wildman–Crippen LogP) is 6.95. The number of allylic oxidation sites excluding steroid dienone is 5. The standard InChI is InChI=1S/C37H34N2O/c1-21-15-24(4)34(25(5)16-21)30-13-10-14-31-36(30)38(8)33-19-28-11-9-12-29-27(7)23(3)17-22(2)20-39(35(28)29)26(6)18-32(33)37(31)40/h9-20H,6-7H2,1-5,8H3/b22-20-,23-17-,32-18+,33-19+. The fourth-order valence-electron chi connectivity index (χ4n) is 6.52. The lowest BCUT2D eigenvalue weighted by Crippen LogP contribution is -2.46. The summed E-state index contributed by atoms with van der Waals surface area (Å²) in [6, 6.07) is 16.8. The highest BCUT2D eigenvalue weighted by Gasteiger charge is 2.22. The van der Waals surface area contributed by atoms with Crippen LogP contribution in [0.2, 0.25) is 0 Å². The highest BCUT2D eigenvalue weighted by Crippen LogP contribution is 2.39. The molecule has 3 nitrogen and oxygen atoms in total. The van der Waals surface area contributed by atoms with Gasteiger partial charge in [-0.05, 0) is 86.2 Å². The zero-order valence-electron chi connectivity index (χ0n) is 24.1. The van der Waals surface area contributed by atoms with Gasteiger partial charge < -0.3 is 9.47 Å². The van der Waals surface area contributed by atoms with Crippen LogP contribution in [-0.2, 0) is 7.05 Å². The van der Waals surface area contributed by atoms with Crippen LogP contribution in [0.3, 0.4) is 0 Å². The summed E-state index contributed by atoms with van der Waals surface area (Å²) < 4.78 is 2.18. The van der Waals surface area contributed by atoms with Gasteiger partial charge in [0.25, 0.3) is 0 Å². The number of anilines is 1. The summed E-state index contributed by atoms with van der Waals surface area (Å²) in [6.07, 6.45) is 8.33. The molecule has 6 rings (SSSR count). The molecule has 3 heterocycles. The van der Waals surface area contributed by atoms with Crippen molar-refractivity contribution in [1.82, 2.24) is 4.57 Å². The number of para-hydroxylation sites is 2. The van der Waals surface area contributed by atoms with Gasteiger partial charge in [0.2, 0.25) is 0 Å². The first-order valence-electron chi connectivity index (χ1n) is 13.7. The second-order valence-corrected chi connectivity index (χ2v) is 11.2. The number of hydrogen-bond donors (Lipinski definition) is 0. The van der Waals surface area contributed by atoms with Crippen LogP contribution in [0.5, 0.6) is 0 Å². The first-order valence-corrected chi connectivity index (χ1v) is 13.7. The van der Waals surface area contributed by atoms with E-state index in [1.165, 1.54) is 22.3 Å². The van der Waals surface area contributed by atoms with Crippen molar-refractivity contribution in [3.05, 3.63) is 139 Å². The first-order chi connectivity index (χ1) is 19.1. The lowest BCUT2D eigenvalue weighted by Gasteiger charge is -2.30. The summed E-state index contributed by atoms with van der Waals surface area (Å²) >= 11 is 0. The maximum Gasteiger partial charge on any atom is 0.197 e. The van der Waals surface area contributed by atoms with Crippen molar-refractivity contribution < 1.29 is 0 Å². The number of hydrogen-bond acceptors (Lipinski definition) is 2. The molecule has 0 atom stereocenters. The molecule has 0 fully saturated rings. The molecule has 0 spiro atoms. The molecule has 0 bridgehead atoms. The largest absolute Gasteiger partial charge is 0.343 e. The van der Waals surface area contributed by atoms with Gasteiger partial charge in [0.05, 0.1) is 16.6 Å². The van der Waals surface area contributed by atoms with E-state index in [1.807, 2.05) is 18.2 Å². The van der Waals surface area contributed by atoms with Gasteiger partial charge in [-0.25, -0.2) is 0 Å². The number of nitrogens with zero attached hydrogens (tertiary/aromatic N) is 2. The molecule has 1 aromatic heterocycles. The maximum absolute atomic E-state index is 14.3. The van der Waals surface area contributed by atoms with Crippen LogP contribution in [-0.4, -0.2) is 4.57 Å². The van der Waals surface area contributed by atoms with Gasteiger partial charge in [-0.2, -0.15) is 0 Å². The van der Waals surface area contributed by atoms with E-state index in [4.69, 9.17) is 0 Å². The van der Waals surface area contributed by atoms with E-state index in [0.717, 1.165) is 55.7 Å². The quantitative estimate of drug-likeness (QED) is 0.270. The van der Waals surface area contributed by atoms with E-state index in [2.05, 4.69) is 119 Å². The maximum atomic E-state index is 14.3. The summed E-state index contributed by atoms with van der Waals surface area (Å²) in [5, 5.41) is 2.21. The number of fused-ring (bicyclic) bond motifs is 2. The monoisotopic (exact) mass is 522 g/mol. The van der Waals surface area contributed by atoms with Crippen molar-refractivity contribution in [2.45, 2.75) is 34.6 Å². The number of rotatable bonds is 1. The van der Waals surface area contributed by atoms with Crippen molar-refractivity contribution in [3.63, 3.8) is 0 Å². The molecule has 0 unspecified atom stereocenters. The Balaban J connectivity index is 1.78. The normalized spacial score (nSPS) is 18.9. The van der Waals surface area contributed by atoms with Gasteiger partial charge in [-0.3, -0.25) is 4.79 Å². The molecule has 198 valence electrons. The van der Waals surface area contributed by atoms with Gasteiger partial charge in [0.15, 0.2) is 5.43 Å². The van der Waals surface area contributed by atoms with Gasteiger partial charge >= 0.3 is 0 Å². The third-order valence-electron chi connectivity index (χ3n) is 8.24. The predicted molar refractivity (Wildman–Crippen MR) is 171 cm³/mol. The average Bonchev–Trinajstić information content (AvgIpc) is 2.89. The Labute approximate surface area is 235 Å². The Kier molecular flexibility index (Phi) is 5.92. The highest BCUT2D eigenvalue weighted by atomic mass is 16.1. The topological polar surface area (TPSA) is 25.2 Å². The Bertz CT molecular complexity index is 2040. The number of aryl methyl sites for hydroxylation is 4. The van der Waals surface area contributed by atoms with Gasteiger partial charge in [-0.15, -0.1) is 0 Å². The van der Waals surface area contributed by atoms with Crippen molar-refractivity contribution >= 4 is 34.3 Å². The molecule has 2 aliphatic heterocycles. The second kappa shape index (κ2) is 9.24. The molecule has 0 radical (unpaired) electrons. The summed E-state index contributed by atoms with van der Waals surface area (Å²) in [5.41, 5.74) is 13.9. The van der Waals surface area contributed by atoms with Crippen LogP contribution in [0.25, 0.3) is 39.8 Å². The fourth-order valence-corrected chi connectivity index (χ4v) is 6.52. The number of pyridine rings is 1. The molecule has 3 heteroatoms. The van der Waals surface area contributed by atoms with Crippen LogP contribution in [0.15, 0.2) is 95.6 Å². The van der Waals surface area contributed by atoms with E-state index in [9.17, 15) is 4.79 Å². The Hall–Kier alpha value is -4.63. The number of benzene rings is 3. The van der Waals surface area contributed by atoms with E-state index < -0.39 is 0 Å². The third kappa shape index (κ3) is 3.84. The van der Waals surface area contributed by atoms with Crippen LogP contribution in [0.1, 0.15) is 41.7 Å². The third-order valence-corrected chi connectivity index (χ3v) is 8.24. The molecule has 0 saturated carbocycles. The van der Waals surface area contributed by atoms with Crippen LogP contribution in [0, 0.1) is 20.8 Å². The van der Waals surface area contributed by atoms with E-state index in [-0.39, 0.29) is 5.43 Å². The zero-order chi connectivity index (χ0) is 28.5. The SMILES string of the molecule is C=C1/C(C)=C\C(C)=C/N2C(=C)/C=c3/c(=O)c4cccc(-c5c(C)cc(C)cc5C)c4n(C)/c3=C/c3cccc1c32. The molecule has 4 aromatic rings. The second-order valence-electron chi connectivity index (χ2n) is 11.2. The average molecular weight is 523 g/mol. The lowest BCUT2D eigenvalue weighted by atomic mass is 9.91. The van der Waals surface area contributed by atoms with Crippen LogP contribution < -0.4 is 20.9 Å². The zero-order valence-corrected chi connectivity index (χ0v) is 24.1. The highest BCUT2D eigenvalue weighted by molar-refractivity contribution is 5.97. The molecule has 40 heavy (non-hydrogen) atoms. The van der Waals surface area contributed by atoms with E-state index >= 15 is 0 Å². The fraction of sp³-hybridized carbons (Fsp3) is 0.162. The Morgan fingerprint density at radius 3 is 2.20 bits per heavy atom. The minimum absolute atomic E-state index is 0.0114. The lowest BCUT2D eigenvalue weighted by molar-refractivity contribution is 0.898. The molecular formula is C37H34N2O. The molecule has 2 aliphatic rings. The molecule has 0 amide bonds. The molecular weight excluding hydrogens is 488 g/mol. The van der Waals surface area contributed by atoms with E-state index in [0.29, 0.717) is 10.6 Å². The van der Waals surface area contributed by atoms with Gasteiger partial charge in [-0.1, -0.05) is 67.3 Å². The van der Waals surface area contributed by atoms with Crippen molar-refractivity contribution in [3.8, 4) is 11.1 Å². The Morgan fingerprint density at radius 2 is 1.48 bits per heavy atom. The number of aromatic nitrogens is 1. The van der Waals surface area contributed by atoms with Crippen LogP contribution >= 0.6 is 0 Å². The summed E-state index contributed by atoms with van der Waals surface area (Å²) in [5.74, 6) is 0. The van der Waals surface area contributed by atoms with Gasteiger partial charge in [0, 0.05) is 46.2 Å².